The Morgan fingerprint density at radius 2 is 1.76 bits per heavy atom. The maximum absolute atomic E-state index is 5.21. The number of aromatic nitrogens is 1. The van der Waals surface area contributed by atoms with Crippen LogP contribution in [-0.4, -0.2) is 52.6 Å². The van der Waals surface area contributed by atoms with Gasteiger partial charge in [-0.05, 0) is 30.7 Å². The molecule has 0 aliphatic rings. The van der Waals surface area contributed by atoms with Crippen LogP contribution in [0.25, 0.3) is 0 Å². The number of nitrogens with zero attached hydrogens (tertiary/aromatic N) is 2. The van der Waals surface area contributed by atoms with Crippen LogP contribution in [0, 0.1) is 0 Å². The molecular formula is C16H29N3O2. The van der Waals surface area contributed by atoms with E-state index in [-0.39, 0.29) is 0 Å². The molecule has 0 unspecified atom stereocenters. The summed E-state index contributed by atoms with van der Waals surface area (Å²) < 4.78 is 10.4. The van der Waals surface area contributed by atoms with E-state index in [2.05, 4.69) is 36.2 Å². The molecule has 5 nitrogen and oxygen atoms in total. The van der Waals surface area contributed by atoms with Gasteiger partial charge in [0.15, 0.2) is 0 Å². The maximum Gasteiger partial charge on any atom is 0.129 e. The Morgan fingerprint density at radius 1 is 1.14 bits per heavy atom. The molecule has 0 spiro atoms. The van der Waals surface area contributed by atoms with Gasteiger partial charge in [-0.25, -0.2) is 4.98 Å². The van der Waals surface area contributed by atoms with E-state index in [1.54, 1.807) is 14.2 Å². The van der Waals surface area contributed by atoms with E-state index in [1.165, 1.54) is 5.56 Å². The molecule has 1 aromatic rings. The third-order valence-electron chi connectivity index (χ3n) is 3.32. The van der Waals surface area contributed by atoms with Crippen LogP contribution < -0.4 is 10.2 Å². The molecule has 0 fully saturated rings. The second-order valence-corrected chi connectivity index (χ2v) is 5.42. The van der Waals surface area contributed by atoms with Crippen molar-refractivity contribution in [2.24, 2.45) is 0 Å². The highest BCUT2D eigenvalue weighted by Crippen LogP contribution is 2.20. The van der Waals surface area contributed by atoms with E-state index >= 15 is 0 Å². The molecule has 5 heteroatoms. The van der Waals surface area contributed by atoms with Crippen molar-refractivity contribution >= 4 is 5.82 Å². The summed E-state index contributed by atoms with van der Waals surface area (Å²) in [6.45, 7) is 8.17. The lowest BCUT2D eigenvalue weighted by atomic mass is 10.1. The quantitative estimate of drug-likeness (QED) is 0.715. The van der Waals surface area contributed by atoms with Crippen LogP contribution in [0.1, 0.15) is 31.0 Å². The smallest absolute Gasteiger partial charge is 0.129 e. The molecule has 0 aliphatic heterocycles. The lowest BCUT2D eigenvalue weighted by molar-refractivity contribution is 0.190. The Labute approximate surface area is 128 Å². The summed E-state index contributed by atoms with van der Waals surface area (Å²) in [6, 6.07) is 4.32. The first-order chi connectivity index (χ1) is 10.1. The van der Waals surface area contributed by atoms with Gasteiger partial charge in [-0.15, -0.1) is 0 Å². The van der Waals surface area contributed by atoms with Gasteiger partial charge in [0, 0.05) is 39.5 Å². The SMILES string of the molecule is CNCc1cc(C(C)C)nc(N(CCOC)CCOC)c1. The fraction of sp³-hybridized carbons (Fsp3) is 0.688. The average Bonchev–Trinajstić information content (AvgIpc) is 2.47. The molecule has 120 valence electrons. The molecule has 0 atom stereocenters. The molecule has 0 aromatic carbocycles. The summed E-state index contributed by atoms with van der Waals surface area (Å²) in [5, 5.41) is 3.21. The number of anilines is 1. The Bertz CT molecular complexity index is 403. The van der Waals surface area contributed by atoms with Gasteiger partial charge >= 0.3 is 0 Å². The van der Waals surface area contributed by atoms with Crippen molar-refractivity contribution in [3.05, 3.63) is 23.4 Å². The highest BCUT2D eigenvalue weighted by atomic mass is 16.5. The first-order valence-electron chi connectivity index (χ1n) is 7.50. The molecule has 1 N–H and O–H groups in total. The lowest BCUT2D eigenvalue weighted by Crippen LogP contribution is -2.31. The number of hydrogen-bond donors (Lipinski definition) is 1. The molecule has 0 radical (unpaired) electrons. The number of hydrogen-bond acceptors (Lipinski definition) is 5. The average molecular weight is 295 g/mol. The Balaban J connectivity index is 3.02. The molecule has 0 aliphatic carbocycles. The standard InChI is InChI=1S/C16H29N3O2/c1-13(2)15-10-14(12-17-3)11-16(18-15)19(6-8-20-4)7-9-21-5/h10-11,13,17H,6-9,12H2,1-5H3. The van der Waals surface area contributed by atoms with Crippen molar-refractivity contribution in [1.29, 1.82) is 0 Å². The fourth-order valence-electron chi connectivity index (χ4n) is 2.10. The van der Waals surface area contributed by atoms with Crippen molar-refractivity contribution in [3.63, 3.8) is 0 Å². The normalized spacial score (nSPS) is 11.1. The molecule has 1 aromatic heterocycles. The van der Waals surface area contributed by atoms with E-state index < -0.39 is 0 Å². The van der Waals surface area contributed by atoms with Gasteiger partial charge in [0.1, 0.15) is 5.82 Å². The molecule has 1 rings (SSSR count). The van der Waals surface area contributed by atoms with Crippen LogP contribution in [0.3, 0.4) is 0 Å². The van der Waals surface area contributed by atoms with Crippen molar-refractivity contribution in [2.75, 3.05) is 52.5 Å². The summed E-state index contributed by atoms with van der Waals surface area (Å²) >= 11 is 0. The predicted molar refractivity (Wildman–Crippen MR) is 87.1 cm³/mol. The summed E-state index contributed by atoms with van der Waals surface area (Å²) in [5.74, 6) is 1.41. The van der Waals surface area contributed by atoms with Crippen molar-refractivity contribution in [3.8, 4) is 0 Å². The highest BCUT2D eigenvalue weighted by Gasteiger charge is 2.12. The third-order valence-corrected chi connectivity index (χ3v) is 3.32. The van der Waals surface area contributed by atoms with Crippen molar-refractivity contribution < 1.29 is 9.47 Å². The largest absolute Gasteiger partial charge is 0.383 e. The van der Waals surface area contributed by atoms with E-state index in [0.717, 1.165) is 31.1 Å². The van der Waals surface area contributed by atoms with Gasteiger partial charge in [0.05, 0.1) is 13.2 Å². The molecule has 0 bridgehead atoms. The monoisotopic (exact) mass is 295 g/mol. The summed E-state index contributed by atoms with van der Waals surface area (Å²) in [5.41, 5.74) is 2.38. The van der Waals surface area contributed by atoms with Crippen LogP contribution >= 0.6 is 0 Å². The zero-order chi connectivity index (χ0) is 15.7. The molecule has 1 heterocycles. The van der Waals surface area contributed by atoms with Crippen LogP contribution in [-0.2, 0) is 16.0 Å². The minimum absolute atomic E-state index is 0.409. The topological polar surface area (TPSA) is 46.6 Å². The van der Waals surface area contributed by atoms with Crippen LogP contribution in [0.5, 0.6) is 0 Å². The molecule has 21 heavy (non-hydrogen) atoms. The zero-order valence-corrected chi connectivity index (χ0v) is 14.0. The van der Waals surface area contributed by atoms with Gasteiger partial charge in [-0.1, -0.05) is 13.8 Å². The summed E-state index contributed by atoms with van der Waals surface area (Å²) in [7, 11) is 5.40. The van der Waals surface area contributed by atoms with Crippen LogP contribution in [0.4, 0.5) is 5.82 Å². The van der Waals surface area contributed by atoms with Crippen molar-refractivity contribution in [2.45, 2.75) is 26.3 Å². The van der Waals surface area contributed by atoms with E-state index in [0.29, 0.717) is 19.1 Å². The second-order valence-electron chi connectivity index (χ2n) is 5.42. The minimum Gasteiger partial charge on any atom is -0.383 e. The zero-order valence-electron chi connectivity index (χ0n) is 14.0. The first-order valence-corrected chi connectivity index (χ1v) is 7.50. The Morgan fingerprint density at radius 3 is 2.24 bits per heavy atom. The molecule has 0 amide bonds. The Kier molecular flexibility index (Phi) is 8.27. The number of rotatable bonds is 10. The summed E-state index contributed by atoms with van der Waals surface area (Å²) in [4.78, 5) is 7.03. The first kappa shape index (κ1) is 17.9. The third kappa shape index (κ3) is 5.99. The highest BCUT2D eigenvalue weighted by molar-refractivity contribution is 5.43. The van der Waals surface area contributed by atoms with E-state index in [4.69, 9.17) is 14.5 Å². The van der Waals surface area contributed by atoms with Gasteiger partial charge < -0.3 is 19.7 Å². The number of ether oxygens (including phenoxy) is 2. The fourth-order valence-corrected chi connectivity index (χ4v) is 2.10. The minimum atomic E-state index is 0.409. The van der Waals surface area contributed by atoms with Gasteiger partial charge in [-0.3, -0.25) is 0 Å². The molecule has 0 saturated heterocycles. The van der Waals surface area contributed by atoms with Gasteiger partial charge in [0.25, 0.3) is 0 Å². The number of pyridine rings is 1. The maximum atomic E-state index is 5.21. The molecular weight excluding hydrogens is 266 g/mol. The summed E-state index contributed by atoms with van der Waals surface area (Å²) in [6.07, 6.45) is 0. The predicted octanol–water partition coefficient (Wildman–Crippen LogP) is 2.02. The Hall–Kier alpha value is -1.17. The van der Waals surface area contributed by atoms with Gasteiger partial charge in [0.2, 0.25) is 0 Å². The van der Waals surface area contributed by atoms with Gasteiger partial charge in [-0.2, -0.15) is 0 Å². The van der Waals surface area contributed by atoms with Crippen LogP contribution in [0.2, 0.25) is 0 Å². The van der Waals surface area contributed by atoms with Crippen LogP contribution in [0.15, 0.2) is 12.1 Å². The lowest BCUT2D eigenvalue weighted by Gasteiger charge is -2.25. The van der Waals surface area contributed by atoms with E-state index in [1.807, 2.05) is 7.05 Å². The van der Waals surface area contributed by atoms with E-state index in [9.17, 15) is 0 Å². The molecule has 0 saturated carbocycles. The number of nitrogens with one attached hydrogen (secondary N) is 1. The number of methoxy groups -OCH3 is 2. The second kappa shape index (κ2) is 9.71. The van der Waals surface area contributed by atoms with Crippen molar-refractivity contribution in [1.82, 2.24) is 10.3 Å².